The van der Waals surface area contributed by atoms with Crippen molar-refractivity contribution in [2.45, 2.75) is 17.7 Å². The lowest BCUT2D eigenvalue weighted by Crippen LogP contribution is -2.47. The summed E-state index contributed by atoms with van der Waals surface area (Å²) in [6.45, 7) is -0.493. The standard InChI is InChI=1S/C19H18ClF2N3O5S/c20-14-4-2-1-3-12(14)10-23-18(26)19(27)24-11-17-25(7-8-30-17)31(28,29)16-9-13(21)5-6-15(16)22/h1-6,9,17H,7-8,10-11H2,(H,23,26)(H,24,27). The SMILES string of the molecule is O=C(NCc1ccccc1Cl)C(=O)NCC1OCCN1S(=O)(=O)c1cc(F)ccc1F. The number of nitrogens with one attached hydrogen (secondary N) is 2. The van der Waals surface area contributed by atoms with E-state index < -0.39 is 44.6 Å². The van der Waals surface area contributed by atoms with Gasteiger partial charge in [-0.2, -0.15) is 4.31 Å². The molecule has 12 heteroatoms. The highest BCUT2D eigenvalue weighted by Gasteiger charge is 2.38. The molecule has 0 bridgehead atoms. The summed E-state index contributed by atoms with van der Waals surface area (Å²) in [5.74, 6) is -4.00. The molecule has 1 fully saturated rings. The molecule has 0 aromatic heterocycles. The summed E-state index contributed by atoms with van der Waals surface area (Å²) in [6.07, 6.45) is -1.19. The fraction of sp³-hybridized carbons (Fsp3) is 0.263. The van der Waals surface area contributed by atoms with Crippen molar-refractivity contribution in [3.63, 3.8) is 0 Å². The monoisotopic (exact) mass is 473 g/mol. The molecule has 2 N–H and O–H groups in total. The highest BCUT2D eigenvalue weighted by molar-refractivity contribution is 7.89. The molecule has 0 aliphatic carbocycles. The van der Waals surface area contributed by atoms with E-state index in [4.69, 9.17) is 16.3 Å². The summed E-state index contributed by atoms with van der Waals surface area (Å²) >= 11 is 5.98. The number of carbonyl (C=O) groups is 2. The summed E-state index contributed by atoms with van der Waals surface area (Å²) in [5, 5.41) is 5.09. The molecule has 1 unspecified atom stereocenters. The molecule has 0 radical (unpaired) electrons. The molecule has 1 aliphatic rings. The predicted molar refractivity (Wildman–Crippen MR) is 106 cm³/mol. The first-order valence-electron chi connectivity index (χ1n) is 9.08. The van der Waals surface area contributed by atoms with E-state index in [1.54, 1.807) is 24.3 Å². The Morgan fingerprint density at radius 2 is 1.84 bits per heavy atom. The third-order valence-electron chi connectivity index (χ3n) is 4.46. The van der Waals surface area contributed by atoms with Gasteiger partial charge in [0.1, 0.15) is 22.8 Å². The minimum Gasteiger partial charge on any atom is -0.359 e. The average molecular weight is 474 g/mol. The molecule has 0 saturated carbocycles. The number of amides is 2. The number of ether oxygens (including phenoxy) is 1. The molecule has 1 aliphatic heterocycles. The minimum atomic E-state index is -4.43. The number of nitrogens with zero attached hydrogens (tertiary/aromatic N) is 1. The molecule has 1 atom stereocenters. The van der Waals surface area contributed by atoms with Crippen molar-refractivity contribution >= 4 is 33.4 Å². The Kier molecular flexibility index (Phi) is 7.21. The molecular weight excluding hydrogens is 456 g/mol. The van der Waals surface area contributed by atoms with Crippen LogP contribution in [0.1, 0.15) is 5.56 Å². The van der Waals surface area contributed by atoms with Crippen molar-refractivity contribution in [2.75, 3.05) is 19.7 Å². The summed E-state index contributed by atoms with van der Waals surface area (Å²) < 4.78 is 58.9. The van der Waals surface area contributed by atoms with Crippen LogP contribution in [0.15, 0.2) is 47.4 Å². The molecule has 0 spiro atoms. The lowest BCUT2D eigenvalue weighted by Gasteiger charge is -2.23. The Hall–Kier alpha value is -2.60. The largest absolute Gasteiger partial charge is 0.359 e. The lowest BCUT2D eigenvalue weighted by molar-refractivity contribution is -0.139. The number of hydrogen-bond acceptors (Lipinski definition) is 5. The number of benzene rings is 2. The Morgan fingerprint density at radius 3 is 2.58 bits per heavy atom. The van der Waals surface area contributed by atoms with Crippen LogP contribution < -0.4 is 10.6 Å². The van der Waals surface area contributed by atoms with Crippen LogP contribution in [0.25, 0.3) is 0 Å². The van der Waals surface area contributed by atoms with E-state index in [-0.39, 0.29) is 26.2 Å². The van der Waals surface area contributed by atoms with Crippen molar-refractivity contribution in [3.8, 4) is 0 Å². The second kappa shape index (κ2) is 9.69. The summed E-state index contributed by atoms with van der Waals surface area (Å²) in [5.41, 5.74) is 0.610. The van der Waals surface area contributed by atoms with Gasteiger partial charge in [-0.15, -0.1) is 0 Å². The maximum Gasteiger partial charge on any atom is 0.309 e. The summed E-state index contributed by atoms with van der Waals surface area (Å²) in [7, 11) is -4.43. The smallest absolute Gasteiger partial charge is 0.309 e. The van der Waals surface area contributed by atoms with Crippen molar-refractivity contribution in [1.82, 2.24) is 14.9 Å². The summed E-state index contributed by atoms with van der Waals surface area (Å²) in [4.78, 5) is 23.2. The van der Waals surface area contributed by atoms with Gasteiger partial charge in [0, 0.05) is 18.1 Å². The molecular formula is C19H18ClF2N3O5S. The van der Waals surface area contributed by atoms with Gasteiger partial charge in [-0.3, -0.25) is 9.59 Å². The van der Waals surface area contributed by atoms with Gasteiger partial charge in [0.15, 0.2) is 0 Å². The van der Waals surface area contributed by atoms with Gasteiger partial charge in [0.2, 0.25) is 10.0 Å². The molecule has 31 heavy (non-hydrogen) atoms. The molecule has 1 heterocycles. The zero-order chi connectivity index (χ0) is 22.6. The number of hydrogen-bond donors (Lipinski definition) is 2. The quantitative estimate of drug-likeness (QED) is 0.617. The second-order valence-electron chi connectivity index (χ2n) is 6.50. The third kappa shape index (κ3) is 5.37. The Balaban J connectivity index is 1.60. The maximum atomic E-state index is 14.0. The topological polar surface area (TPSA) is 105 Å². The van der Waals surface area contributed by atoms with Gasteiger partial charge in [0.05, 0.1) is 13.2 Å². The van der Waals surface area contributed by atoms with Crippen LogP contribution in [0.3, 0.4) is 0 Å². The Morgan fingerprint density at radius 1 is 1.13 bits per heavy atom. The first kappa shape index (κ1) is 23.1. The van der Waals surface area contributed by atoms with Gasteiger partial charge in [-0.25, -0.2) is 17.2 Å². The fourth-order valence-corrected chi connectivity index (χ4v) is 4.69. The van der Waals surface area contributed by atoms with E-state index in [1.165, 1.54) is 0 Å². The van der Waals surface area contributed by atoms with Crippen LogP contribution in [-0.2, 0) is 30.9 Å². The number of rotatable bonds is 6. The molecule has 3 rings (SSSR count). The number of halogens is 3. The van der Waals surface area contributed by atoms with Gasteiger partial charge in [-0.05, 0) is 29.8 Å². The van der Waals surface area contributed by atoms with E-state index in [9.17, 15) is 26.8 Å². The molecule has 2 aromatic rings. The van der Waals surface area contributed by atoms with Crippen molar-refractivity contribution in [2.24, 2.45) is 0 Å². The normalized spacial score (nSPS) is 16.8. The first-order chi connectivity index (χ1) is 14.7. The van der Waals surface area contributed by atoms with Crippen LogP contribution in [-0.4, -0.2) is 50.5 Å². The van der Waals surface area contributed by atoms with Gasteiger partial charge >= 0.3 is 11.8 Å². The Labute approximate surface area is 182 Å². The number of carbonyl (C=O) groups excluding carboxylic acids is 2. The fourth-order valence-electron chi connectivity index (χ4n) is 2.90. The van der Waals surface area contributed by atoms with Crippen LogP contribution in [0, 0.1) is 11.6 Å². The van der Waals surface area contributed by atoms with Gasteiger partial charge in [-0.1, -0.05) is 29.8 Å². The highest BCUT2D eigenvalue weighted by atomic mass is 35.5. The van der Waals surface area contributed by atoms with E-state index >= 15 is 0 Å². The van der Waals surface area contributed by atoms with Crippen molar-refractivity contribution in [1.29, 1.82) is 0 Å². The van der Waals surface area contributed by atoms with E-state index in [0.717, 1.165) is 10.4 Å². The zero-order valence-corrected chi connectivity index (χ0v) is 17.6. The third-order valence-corrected chi connectivity index (χ3v) is 6.74. The van der Waals surface area contributed by atoms with Crippen LogP contribution in [0.5, 0.6) is 0 Å². The lowest BCUT2D eigenvalue weighted by atomic mass is 10.2. The van der Waals surface area contributed by atoms with Gasteiger partial charge in [0.25, 0.3) is 0 Å². The average Bonchev–Trinajstić information content (AvgIpc) is 3.22. The van der Waals surface area contributed by atoms with Crippen molar-refractivity contribution < 1.29 is 31.5 Å². The van der Waals surface area contributed by atoms with Crippen LogP contribution in [0.2, 0.25) is 5.02 Å². The highest BCUT2D eigenvalue weighted by Crippen LogP contribution is 2.25. The summed E-state index contributed by atoms with van der Waals surface area (Å²) in [6, 6.07) is 8.84. The molecule has 2 amide bonds. The van der Waals surface area contributed by atoms with E-state index in [1.807, 2.05) is 0 Å². The first-order valence-corrected chi connectivity index (χ1v) is 10.9. The van der Waals surface area contributed by atoms with Crippen molar-refractivity contribution in [3.05, 3.63) is 64.7 Å². The Bertz CT molecular complexity index is 1100. The van der Waals surface area contributed by atoms with Crippen LogP contribution in [0.4, 0.5) is 8.78 Å². The predicted octanol–water partition coefficient (Wildman–Crippen LogP) is 1.40. The zero-order valence-electron chi connectivity index (χ0n) is 16.0. The molecule has 2 aromatic carbocycles. The molecule has 8 nitrogen and oxygen atoms in total. The second-order valence-corrected chi connectivity index (χ2v) is 8.77. The molecule has 166 valence electrons. The molecule has 1 saturated heterocycles. The number of sulfonamides is 1. The van der Waals surface area contributed by atoms with E-state index in [0.29, 0.717) is 22.7 Å². The van der Waals surface area contributed by atoms with Crippen LogP contribution >= 0.6 is 11.6 Å². The van der Waals surface area contributed by atoms with Gasteiger partial charge < -0.3 is 15.4 Å². The van der Waals surface area contributed by atoms with E-state index in [2.05, 4.69) is 10.6 Å². The minimum absolute atomic E-state index is 0.0184. The maximum absolute atomic E-state index is 14.0.